The molecule has 1 N–H and O–H groups in total. The van der Waals surface area contributed by atoms with E-state index in [9.17, 15) is 11.5 Å². The summed E-state index contributed by atoms with van der Waals surface area (Å²) in [6, 6.07) is 8.75. The summed E-state index contributed by atoms with van der Waals surface area (Å²) < 4.78 is 0.905. The van der Waals surface area contributed by atoms with E-state index in [1.54, 1.807) is 30.3 Å². The first-order valence-electron chi connectivity index (χ1n) is 5.07. The predicted octanol–water partition coefficient (Wildman–Crippen LogP) is 3.51. The second kappa shape index (κ2) is 5.34. The van der Waals surface area contributed by atoms with Gasteiger partial charge in [0.25, 0.3) is 0 Å². The van der Waals surface area contributed by atoms with Gasteiger partial charge in [-0.2, -0.15) is 5.26 Å². The van der Waals surface area contributed by atoms with Crippen LogP contribution in [0.4, 0.5) is 23.0 Å². The molecule has 0 fully saturated rings. The highest BCUT2D eigenvalue weighted by molar-refractivity contribution is 9.10. The van der Waals surface area contributed by atoms with Crippen molar-refractivity contribution in [1.29, 1.82) is 5.26 Å². The number of rotatable bonds is 2. The highest BCUT2D eigenvalue weighted by Gasteiger charge is 2.17. The molecule has 0 aliphatic carbocycles. The average molecular weight is 335 g/mol. The molecule has 2 aromatic rings. The van der Waals surface area contributed by atoms with Gasteiger partial charge in [0.05, 0.1) is 0 Å². The largest absolute Gasteiger partial charge is 0.339 e. The lowest BCUT2D eigenvalue weighted by molar-refractivity contribution is 1.21. The number of benzene rings is 1. The van der Waals surface area contributed by atoms with Gasteiger partial charge in [-0.1, -0.05) is 27.5 Å². The summed E-state index contributed by atoms with van der Waals surface area (Å²) in [4.78, 5) is 3.74. The second-order valence-corrected chi connectivity index (χ2v) is 4.86. The quantitative estimate of drug-likeness (QED) is 0.910. The van der Waals surface area contributed by atoms with Crippen LogP contribution in [0.15, 0.2) is 28.7 Å². The molecular formula is C12H5BrClN5. The first-order valence-corrected chi connectivity index (χ1v) is 6.24. The summed E-state index contributed by atoms with van der Waals surface area (Å²) in [6.45, 7) is 0. The number of anilines is 2. The number of nitrogens with zero attached hydrogens (tertiary/aromatic N) is 4. The highest BCUT2D eigenvalue weighted by Crippen LogP contribution is 2.35. The first kappa shape index (κ1) is 13.5. The van der Waals surface area contributed by atoms with Crippen molar-refractivity contribution in [1.82, 2.24) is 16.5 Å². The lowest BCUT2D eigenvalue weighted by atomic mass is 10.2. The van der Waals surface area contributed by atoms with Gasteiger partial charge >= 0.3 is 0 Å². The van der Waals surface area contributed by atoms with E-state index < -0.39 is 11.5 Å². The predicted molar refractivity (Wildman–Crippen MR) is 75.0 cm³/mol. The van der Waals surface area contributed by atoms with E-state index in [1.165, 1.54) is 0 Å². The van der Waals surface area contributed by atoms with Gasteiger partial charge in [0.15, 0.2) is 11.6 Å². The van der Waals surface area contributed by atoms with Crippen LogP contribution in [-0.2, 0) is 0 Å². The number of hydrogen-bond acceptors (Lipinski definition) is 3. The number of nitriles is 1. The maximum atomic E-state index is 9.68. The number of nitrogens with one attached hydrogen (secondary N) is 1. The van der Waals surface area contributed by atoms with Gasteiger partial charge in [-0.25, -0.2) is 4.98 Å². The molecule has 7 heteroatoms. The van der Waals surface area contributed by atoms with Crippen LogP contribution in [0.2, 0.25) is 5.02 Å². The van der Waals surface area contributed by atoms with Crippen LogP contribution < -0.4 is 16.8 Å². The van der Waals surface area contributed by atoms with E-state index in [1.807, 2.05) is 0 Å². The zero-order chi connectivity index (χ0) is 14.0. The van der Waals surface area contributed by atoms with Crippen molar-refractivity contribution in [3.05, 3.63) is 39.3 Å². The van der Waals surface area contributed by atoms with Crippen molar-refractivity contribution in [2.75, 3.05) is 5.32 Å². The first-order chi connectivity index (χ1) is 9.02. The Morgan fingerprint density at radius 3 is 2.42 bits per heavy atom. The van der Waals surface area contributed by atoms with Crippen LogP contribution in [0.25, 0.3) is 0 Å². The van der Waals surface area contributed by atoms with Crippen LogP contribution in [-0.4, -0.2) is 4.98 Å². The fraction of sp³-hybridized carbons (Fsp3) is 0. The van der Waals surface area contributed by atoms with Crippen molar-refractivity contribution in [3.8, 4) is 6.07 Å². The fourth-order valence-corrected chi connectivity index (χ4v) is 1.84. The van der Waals surface area contributed by atoms with Crippen LogP contribution >= 0.6 is 27.5 Å². The molecule has 19 heavy (non-hydrogen) atoms. The molecular weight excluding hydrogens is 330 g/mol. The van der Waals surface area contributed by atoms with Crippen molar-refractivity contribution < 1.29 is 0 Å². The monoisotopic (exact) mass is 333 g/mol. The molecule has 0 atom stereocenters. The SMILES string of the molecule is [N]c1nc(Nc2ccc(Br)cc2)c(Cl)c([N])c1C#N. The highest BCUT2D eigenvalue weighted by atomic mass is 79.9. The van der Waals surface area contributed by atoms with Crippen LogP contribution in [0.5, 0.6) is 0 Å². The molecule has 1 heterocycles. The minimum atomic E-state index is -0.580. The molecule has 0 saturated carbocycles. The van der Waals surface area contributed by atoms with Gasteiger partial charge in [-0.3, -0.25) is 0 Å². The maximum Gasteiger partial charge on any atom is 0.196 e. The normalized spacial score (nSPS) is 9.95. The van der Waals surface area contributed by atoms with Gasteiger partial charge in [-0.05, 0) is 24.3 Å². The van der Waals surface area contributed by atoms with E-state index in [-0.39, 0.29) is 16.4 Å². The second-order valence-electron chi connectivity index (χ2n) is 3.57. The van der Waals surface area contributed by atoms with Crippen molar-refractivity contribution in [2.24, 2.45) is 0 Å². The summed E-state index contributed by atoms with van der Waals surface area (Å²) in [6.07, 6.45) is 0. The van der Waals surface area contributed by atoms with Gasteiger partial charge in [0.1, 0.15) is 22.3 Å². The maximum absolute atomic E-state index is 9.68. The molecule has 92 valence electrons. The summed E-state index contributed by atoms with van der Waals surface area (Å²) >= 11 is 9.19. The number of pyridine rings is 1. The Labute approximate surface area is 123 Å². The third-order valence-corrected chi connectivity index (χ3v) is 3.20. The molecule has 2 rings (SSSR count). The van der Waals surface area contributed by atoms with E-state index >= 15 is 0 Å². The Bertz CT molecular complexity index is 663. The zero-order valence-corrected chi connectivity index (χ0v) is 11.7. The number of hydrogen-bond donors (Lipinski definition) is 1. The van der Waals surface area contributed by atoms with E-state index in [0.717, 1.165) is 4.47 Å². The molecule has 0 unspecified atom stereocenters. The number of halogens is 2. The molecule has 0 bridgehead atoms. The standard InChI is InChI=1S/C12H5BrClN5/c13-6-1-3-7(4-2-6)18-12-9(14)10(16)8(5-15)11(17)19-12/h1-4H,(H,18,19). The molecule has 1 aromatic heterocycles. The molecule has 0 aliphatic rings. The number of aromatic nitrogens is 1. The van der Waals surface area contributed by atoms with Crippen LogP contribution in [0.3, 0.4) is 0 Å². The third kappa shape index (κ3) is 2.72. The lowest BCUT2D eigenvalue weighted by Gasteiger charge is -2.09. The molecule has 0 aliphatic heterocycles. The summed E-state index contributed by atoms with van der Waals surface area (Å²) in [5.41, 5.74) is 19.0. The fourth-order valence-electron chi connectivity index (χ4n) is 1.39. The topological polar surface area (TPSA) is 93.3 Å². The summed E-state index contributed by atoms with van der Waals surface area (Å²) in [5, 5.41) is 11.5. The zero-order valence-electron chi connectivity index (χ0n) is 9.35. The molecule has 1 aromatic carbocycles. The summed E-state index contributed by atoms with van der Waals surface area (Å²) in [7, 11) is 0. The average Bonchev–Trinajstić information content (AvgIpc) is 2.39. The van der Waals surface area contributed by atoms with Crippen molar-refractivity contribution in [2.45, 2.75) is 0 Å². The molecule has 0 spiro atoms. The minimum absolute atomic E-state index is 0.0676. The van der Waals surface area contributed by atoms with E-state index in [0.29, 0.717) is 5.69 Å². The third-order valence-electron chi connectivity index (χ3n) is 2.31. The van der Waals surface area contributed by atoms with Crippen molar-refractivity contribution in [3.63, 3.8) is 0 Å². The van der Waals surface area contributed by atoms with E-state index in [4.69, 9.17) is 16.9 Å². The van der Waals surface area contributed by atoms with Crippen LogP contribution in [0.1, 0.15) is 5.56 Å². The van der Waals surface area contributed by atoms with Crippen molar-refractivity contribution >= 4 is 50.5 Å². The Kier molecular flexibility index (Phi) is 3.79. The van der Waals surface area contributed by atoms with Gasteiger partial charge in [0.2, 0.25) is 0 Å². The molecule has 0 saturated heterocycles. The molecule has 5 nitrogen and oxygen atoms in total. The molecule has 0 amide bonds. The van der Waals surface area contributed by atoms with Crippen LogP contribution in [0, 0.1) is 11.3 Å². The van der Waals surface area contributed by atoms with E-state index in [2.05, 4.69) is 26.2 Å². The Balaban J connectivity index is 2.42. The Hall–Kier alpha value is -1.97. The summed E-state index contributed by atoms with van der Waals surface area (Å²) in [5.74, 6) is -0.512. The van der Waals surface area contributed by atoms with Gasteiger partial charge < -0.3 is 5.32 Å². The van der Waals surface area contributed by atoms with Gasteiger partial charge in [0, 0.05) is 10.2 Å². The Morgan fingerprint density at radius 2 is 1.84 bits per heavy atom. The minimum Gasteiger partial charge on any atom is -0.339 e. The van der Waals surface area contributed by atoms with Gasteiger partial charge in [-0.15, -0.1) is 11.5 Å². The smallest absolute Gasteiger partial charge is 0.196 e. The Morgan fingerprint density at radius 1 is 1.21 bits per heavy atom. The lowest BCUT2D eigenvalue weighted by Crippen LogP contribution is -1.98. The molecule has 4 radical (unpaired) electrons.